The third kappa shape index (κ3) is 4.93. The first-order valence-electron chi connectivity index (χ1n) is 9.23. The minimum atomic E-state index is -0.428. The maximum absolute atomic E-state index is 12.4. The van der Waals surface area contributed by atoms with Crippen LogP contribution in [0.4, 0.5) is 0 Å². The highest BCUT2D eigenvalue weighted by Gasteiger charge is 2.17. The van der Waals surface area contributed by atoms with Gasteiger partial charge in [0.2, 0.25) is 5.91 Å². The summed E-state index contributed by atoms with van der Waals surface area (Å²) in [6.07, 6.45) is 0.111. The minimum Gasteiger partial charge on any atom is -0.465 e. The molecule has 0 saturated heterocycles. The number of fused-ring (bicyclic) bond motifs is 1. The lowest BCUT2D eigenvalue weighted by Crippen LogP contribution is -2.40. The van der Waals surface area contributed by atoms with Gasteiger partial charge >= 0.3 is 5.97 Å². The number of benzene rings is 2. The van der Waals surface area contributed by atoms with E-state index in [4.69, 9.17) is 16.3 Å². The van der Waals surface area contributed by atoms with Crippen LogP contribution in [0.1, 0.15) is 28.7 Å². The zero-order chi connectivity index (χ0) is 21.0. The summed E-state index contributed by atoms with van der Waals surface area (Å²) in [5, 5.41) is 2.37. The van der Waals surface area contributed by atoms with E-state index in [1.165, 1.54) is 7.11 Å². The fourth-order valence-corrected chi connectivity index (χ4v) is 3.11. The summed E-state index contributed by atoms with van der Waals surface area (Å²) in [6, 6.07) is 12.7. The van der Waals surface area contributed by atoms with E-state index >= 15 is 0 Å². The monoisotopic (exact) mass is 414 g/mol. The Morgan fingerprint density at radius 2 is 1.93 bits per heavy atom. The van der Waals surface area contributed by atoms with Crippen LogP contribution in [0.25, 0.3) is 11.0 Å². The number of hydrogen-bond donors (Lipinski definition) is 1. The Balaban J connectivity index is 2.00. The van der Waals surface area contributed by atoms with E-state index < -0.39 is 5.97 Å². The third-order valence-electron chi connectivity index (χ3n) is 4.61. The second kappa shape index (κ2) is 9.07. The fraction of sp³-hybridized carbons (Fsp3) is 0.286. The molecule has 0 fully saturated rings. The Morgan fingerprint density at radius 3 is 2.59 bits per heavy atom. The molecule has 3 aromatic rings. The molecule has 0 unspecified atom stereocenters. The third-order valence-corrected chi connectivity index (χ3v) is 4.86. The number of methoxy groups -OCH3 is 1. The van der Waals surface area contributed by atoms with Crippen molar-refractivity contribution in [1.82, 2.24) is 20.0 Å². The van der Waals surface area contributed by atoms with E-state index in [1.54, 1.807) is 24.2 Å². The zero-order valence-corrected chi connectivity index (χ0v) is 17.4. The van der Waals surface area contributed by atoms with Crippen LogP contribution in [0.5, 0.6) is 0 Å². The van der Waals surface area contributed by atoms with Crippen molar-refractivity contribution >= 4 is 34.5 Å². The summed E-state index contributed by atoms with van der Waals surface area (Å²) in [6.45, 7) is 3.16. The molecule has 1 amide bonds. The summed E-state index contributed by atoms with van der Waals surface area (Å²) in [5.74, 6) is 0.0252. The summed E-state index contributed by atoms with van der Waals surface area (Å²) >= 11 is 5.99. The van der Waals surface area contributed by atoms with Crippen LogP contribution in [0.2, 0.25) is 5.02 Å². The second-order valence-electron chi connectivity index (χ2n) is 6.66. The van der Waals surface area contributed by atoms with Crippen molar-refractivity contribution in [3.8, 4) is 0 Å². The number of rotatable bonds is 7. The van der Waals surface area contributed by atoms with Crippen molar-refractivity contribution in [2.24, 2.45) is 0 Å². The molecule has 7 nitrogen and oxygen atoms in total. The van der Waals surface area contributed by atoms with Gasteiger partial charge in [-0.1, -0.05) is 30.7 Å². The lowest BCUT2D eigenvalue weighted by atomic mass is 10.2. The smallest absolute Gasteiger partial charge is 0.337 e. The lowest BCUT2D eigenvalue weighted by molar-refractivity contribution is -0.124. The number of esters is 1. The van der Waals surface area contributed by atoms with Gasteiger partial charge in [-0.15, -0.1) is 0 Å². The predicted octanol–water partition coefficient (Wildman–Crippen LogP) is 3.05. The number of aromatic nitrogens is 2. The first-order valence-corrected chi connectivity index (χ1v) is 9.61. The number of amides is 1. The van der Waals surface area contributed by atoms with Crippen LogP contribution < -0.4 is 5.43 Å². The van der Waals surface area contributed by atoms with Crippen molar-refractivity contribution in [1.29, 1.82) is 0 Å². The van der Waals surface area contributed by atoms with Gasteiger partial charge in [0, 0.05) is 25.2 Å². The van der Waals surface area contributed by atoms with E-state index in [0.717, 1.165) is 11.1 Å². The van der Waals surface area contributed by atoms with Gasteiger partial charge in [-0.25, -0.2) is 14.8 Å². The molecule has 152 valence electrons. The van der Waals surface area contributed by atoms with Crippen LogP contribution in [-0.4, -0.2) is 47.1 Å². The van der Waals surface area contributed by atoms with Gasteiger partial charge in [0.05, 0.1) is 30.1 Å². The zero-order valence-electron chi connectivity index (χ0n) is 16.6. The highest BCUT2D eigenvalue weighted by molar-refractivity contribution is 6.30. The highest BCUT2D eigenvalue weighted by Crippen LogP contribution is 2.21. The summed E-state index contributed by atoms with van der Waals surface area (Å²) in [4.78, 5) is 28.9. The molecule has 0 saturated carbocycles. The Morgan fingerprint density at radius 1 is 1.21 bits per heavy atom. The molecule has 8 heteroatoms. The molecule has 0 aliphatic heterocycles. The Labute approximate surface area is 174 Å². The van der Waals surface area contributed by atoms with Crippen molar-refractivity contribution in [2.45, 2.75) is 19.9 Å². The van der Waals surface area contributed by atoms with Gasteiger partial charge in [0.15, 0.2) is 0 Å². The Bertz CT molecular complexity index is 1030. The molecule has 3 rings (SSSR count). The van der Waals surface area contributed by atoms with Gasteiger partial charge < -0.3 is 9.30 Å². The minimum absolute atomic E-state index is 0.111. The van der Waals surface area contributed by atoms with Crippen molar-refractivity contribution in [2.75, 3.05) is 20.7 Å². The number of nitrogens with zero attached hydrogens (tertiary/aromatic N) is 3. The molecule has 29 heavy (non-hydrogen) atoms. The summed E-state index contributed by atoms with van der Waals surface area (Å²) < 4.78 is 6.77. The topological polar surface area (TPSA) is 76.5 Å². The van der Waals surface area contributed by atoms with Gasteiger partial charge in [-0.05, 0) is 35.9 Å². The molecular formula is C21H23ClN4O3. The molecule has 0 spiro atoms. The van der Waals surface area contributed by atoms with Gasteiger partial charge in [0.25, 0.3) is 0 Å². The standard InChI is InChI=1S/C21H23ClN4O3/c1-4-25(2)24-20(27)12-19-23-17-11-15(21(28)29-3)7-10-18(17)26(19)13-14-5-8-16(22)9-6-14/h5-11H,4,12-13H2,1-3H3,(H,24,27). The average molecular weight is 415 g/mol. The number of imidazole rings is 1. The Hall–Kier alpha value is -2.90. The molecule has 0 radical (unpaired) electrons. The maximum atomic E-state index is 12.4. The van der Waals surface area contributed by atoms with Crippen molar-refractivity contribution in [3.63, 3.8) is 0 Å². The number of halogens is 1. The van der Waals surface area contributed by atoms with Crippen LogP contribution in [0, 0.1) is 0 Å². The predicted molar refractivity (Wildman–Crippen MR) is 112 cm³/mol. The van der Waals surface area contributed by atoms with Crippen LogP contribution in [0.3, 0.4) is 0 Å². The molecular weight excluding hydrogens is 392 g/mol. The first kappa shape index (κ1) is 20.8. The molecule has 2 aromatic carbocycles. The van der Waals surface area contributed by atoms with Gasteiger partial charge in [0.1, 0.15) is 5.82 Å². The van der Waals surface area contributed by atoms with Crippen molar-refractivity contribution < 1.29 is 14.3 Å². The number of ether oxygens (including phenoxy) is 1. The van der Waals surface area contributed by atoms with E-state index in [0.29, 0.717) is 35.0 Å². The molecule has 1 N–H and O–H groups in total. The van der Waals surface area contributed by atoms with Crippen LogP contribution >= 0.6 is 11.6 Å². The quantitative estimate of drug-likeness (QED) is 0.475. The molecule has 0 aliphatic rings. The maximum Gasteiger partial charge on any atom is 0.337 e. The van der Waals surface area contributed by atoms with E-state index in [1.807, 2.05) is 41.8 Å². The van der Waals surface area contributed by atoms with Crippen molar-refractivity contribution in [3.05, 3.63) is 64.4 Å². The van der Waals surface area contributed by atoms with Crippen LogP contribution in [0.15, 0.2) is 42.5 Å². The largest absolute Gasteiger partial charge is 0.465 e. The first-order chi connectivity index (χ1) is 13.9. The summed E-state index contributed by atoms with van der Waals surface area (Å²) in [5.41, 5.74) is 5.72. The molecule has 0 bridgehead atoms. The number of carbonyl (C=O) groups excluding carboxylic acids is 2. The second-order valence-corrected chi connectivity index (χ2v) is 7.10. The number of carbonyl (C=O) groups is 2. The normalized spacial score (nSPS) is 11.1. The van der Waals surface area contributed by atoms with Gasteiger partial charge in [-0.2, -0.15) is 0 Å². The SMILES string of the molecule is CCN(C)NC(=O)Cc1nc2cc(C(=O)OC)ccc2n1Cc1ccc(Cl)cc1. The Kier molecular flexibility index (Phi) is 6.51. The lowest BCUT2D eigenvalue weighted by Gasteiger charge is -2.16. The number of hydrazine groups is 1. The summed E-state index contributed by atoms with van der Waals surface area (Å²) in [7, 11) is 3.14. The van der Waals surface area contributed by atoms with E-state index in [-0.39, 0.29) is 12.3 Å². The number of nitrogens with one attached hydrogen (secondary N) is 1. The van der Waals surface area contributed by atoms with E-state index in [2.05, 4.69) is 10.4 Å². The van der Waals surface area contributed by atoms with Gasteiger partial charge in [-0.3, -0.25) is 10.2 Å². The molecule has 0 atom stereocenters. The van der Waals surface area contributed by atoms with Crippen LogP contribution in [-0.2, 0) is 22.5 Å². The van der Waals surface area contributed by atoms with E-state index in [9.17, 15) is 9.59 Å². The molecule has 0 aliphatic carbocycles. The highest BCUT2D eigenvalue weighted by atomic mass is 35.5. The fourth-order valence-electron chi connectivity index (χ4n) is 2.98. The number of hydrogen-bond acceptors (Lipinski definition) is 5. The molecule has 1 heterocycles. The molecule has 1 aromatic heterocycles. The average Bonchev–Trinajstić information content (AvgIpc) is 3.04.